The van der Waals surface area contributed by atoms with Crippen LogP contribution in [0.5, 0.6) is 5.75 Å². The van der Waals surface area contributed by atoms with Gasteiger partial charge in [-0.1, -0.05) is 11.2 Å². The first-order valence-corrected chi connectivity index (χ1v) is 9.95. The van der Waals surface area contributed by atoms with Crippen LogP contribution in [0.25, 0.3) is 11.3 Å². The van der Waals surface area contributed by atoms with E-state index in [0.29, 0.717) is 23.5 Å². The van der Waals surface area contributed by atoms with Crippen molar-refractivity contribution in [2.45, 2.75) is 46.3 Å². The van der Waals surface area contributed by atoms with Crippen molar-refractivity contribution < 1.29 is 18.7 Å². The van der Waals surface area contributed by atoms with Gasteiger partial charge in [0.1, 0.15) is 18.2 Å². The summed E-state index contributed by atoms with van der Waals surface area (Å²) < 4.78 is 35.7. The first kappa shape index (κ1) is 20.8. The molecule has 0 unspecified atom stereocenters. The molecule has 0 saturated heterocycles. The molecule has 2 aromatic heterocycles. The van der Waals surface area contributed by atoms with E-state index in [0.717, 1.165) is 22.6 Å². The minimum atomic E-state index is -0.654. The van der Waals surface area contributed by atoms with Crippen LogP contribution in [0.3, 0.4) is 0 Å². The third-order valence-corrected chi connectivity index (χ3v) is 5.22. The fraction of sp³-hybridized carbons (Fsp3) is 0.304. The number of hydrogen-bond donors (Lipinski definition) is 2. The average Bonchev–Trinajstić information content (AvgIpc) is 3.02. The van der Waals surface area contributed by atoms with Gasteiger partial charge in [-0.2, -0.15) is 0 Å². The summed E-state index contributed by atoms with van der Waals surface area (Å²) in [6.07, 6.45) is 4.28. The van der Waals surface area contributed by atoms with Gasteiger partial charge in [-0.15, -0.1) is 0 Å². The Hall–Kier alpha value is -3.42. The highest BCUT2D eigenvalue weighted by Crippen LogP contribution is 2.31. The van der Waals surface area contributed by atoms with Gasteiger partial charge in [0.2, 0.25) is 0 Å². The van der Waals surface area contributed by atoms with Crippen LogP contribution in [-0.4, -0.2) is 25.8 Å². The molecule has 0 saturated carbocycles. The number of pyridine rings is 1. The van der Waals surface area contributed by atoms with E-state index in [9.17, 15) is 14.0 Å². The maximum atomic E-state index is 14.0. The van der Waals surface area contributed by atoms with Gasteiger partial charge in [-0.25, -0.2) is 13.8 Å². The predicted octanol–water partition coefficient (Wildman–Crippen LogP) is 4.75. The molecule has 6 nitrogen and oxygen atoms in total. The van der Waals surface area contributed by atoms with E-state index in [1.165, 1.54) is 18.2 Å². The Kier molecular flexibility index (Phi) is 5.16. The van der Waals surface area contributed by atoms with Crippen molar-refractivity contribution in [3.8, 4) is 5.75 Å². The lowest BCUT2D eigenvalue weighted by Gasteiger charge is -2.32. The molecule has 0 bridgehead atoms. The molecule has 3 heterocycles. The molecule has 0 spiro atoms. The van der Waals surface area contributed by atoms with E-state index in [1.807, 2.05) is 38.3 Å². The lowest BCUT2D eigenvalue weighted by molar-refractivity contribution is 0.294. The summed E-state index contributed by atoms with van der Waals surface area (Å²) in [7, 11) is 0. The van der Waals surface area contributed by atoms with Gasteiger partial charge in [0.15, 0.2) is 11.4 Å². The van der Waals surface area contributed by atoms with Crippen LogP contribution in [0.1, 0.15) is 42.8 Å². The molecule has 4 rings (SSSR count). The van der Waals surface area contributed by atoms with Crippen molar-refractivity contribution in [2.75, 3.05) is 0 Å². The van der Waals surface area contributed by atoms with E-state index in [2.05, 4.69) is 15.5 Å². The quantitative estimate of drug-likeness (QED) is 0.467. The molecule has 0 amide bonds. The zero-order valence-corrected chi connectivity index (χ0v) is 17.8. The molecule has 8 heteroatoms. The molecule has 1 aromatic carbocycles. The van der Waals surface area contributed by atoms with Crippen LogP contribution in [0.4, 0.5) is 8.78 Å². The lowest BCUT2D eigenvalue weighted by atomic mass is 9.92. The van der Waals surface area contributed by atoms with Gasteiger partial charge < -0.3 is 15.3 Å². The van der Waals surface area contributed by atoms with Crippen molar-refractivity contribution >= 4 is 17.1 Å². The van der Waals surface area contributed by atoms with Crippen molar-refractivity contribution in [1.29, 1.82) is 0 Å². The number of rotatable bonds is 4. The van der Waals surface area contributed by atoms with Gasteiger partial charge >= 0.3 is 0 Å². The minimum absolute atomic E-state index is 0.132. The maximum absolute atomic E-state index is 14.0. The van der Waals surface area contributed by atoms with Crippen molar-refractivity contribution in [3.05, 3.63) is 70.7 Å². The third kappa shape index (κ3) is 3.97. The van der Waals surface area contributed by atoms with Gasteiger partial charge in [-0.3, -0.25) is 4.40 Å². The Morgan fingerprint density at radius 2 is 1.97 bits per heavy atom. The zero-order valence-electron chi connectivity index (χ0n) is 17.8. The van der Waals surface area contributed by atoms with Crippen LogP contribution in [0, 0.1) is 25.5 Å². The number of aryl methyl sites for hydroxylation is 2. The number of imidazole rings is 1. The minimum Gasteiger partial charge on any atom is -0.485 e. The van der Waals surface area contributed by atoms with Gasteiger partial charge in [-0.05, 0) is 57.5 Å². The number of oxime groups is 1. The monoisotopic (exact) mass is 426 g/mol. The molecule has 1 aliphatic rings. The summed E-state index contributed by atoms with van der Waals surface area (Å²) >= 11 is 0. The molecule has 31 heavy (non-hydrogen) atoms. The molecule has 0 fully saturated rings. The molecule has 0 aliphatic carbocycles. The number of hydrogen-bond acceptors (Lipinski definition) is 5. The Morgan fingerprint density at radius 1 is 1.26 bits per heavy atom. The fourth-order valence-electron chi connectivity index (χ4n) is 3.92. The SMILES string of the molecule is Cc1cc(OCc2c(F)cccc2F)c2nc(C)c(C3=C/C(=N\O)CC(C)(C)N3)n2c1. The number of nitrogens with one attached hydrogen (secondary N) is 1. The smallest absolute Gasteiger partial charge is 0.180 e. The molecular weight excluding hydrogens is 402 g/mol. The topological polar surface area (TPSA) is 71.2 Å². The summed E-state index contributed by atoms with van der Waals surface area (Å²) in [6.45, 7) is 7.56. The summed E-state index contributed by atoms with van der Waals surface area (Å²) in [4.78, 5) is 4.65. The molecule has 0 radical (unpaired) electrons. The van der Waals surface area contributed by atoms with Crippen molar-refractivity contribution in [3.63, 3.8) is 0 Å². The predicted molar refractivity (Wildman–Crippen MR) is 114 cm³/mol. The van der Waals surface area contributed by atoms with Crippen molar-refractivity contribution in [1.82, 2.24) is 14.7 Å². The number of allylic oxidation sites excluding steroid dienone is 1. The van der Waals surface area contributed by atoms with Crippen LogP contribution >= 0.6 is 0 Å². The molecule has 1 aliphatic heterocycles. The van der Waals surface area contributed by atoms with E-state index in [4.69, 9.17) is 4.74 Å². The van der Waals surface area contributed by atoms with Gasteiger partial charge in [0.25, 0.3) is 0 Å². The number of nitrogens with zero attached hydrogens (tertiary/aromatic N) is 3. The molecule has 162 valence electrons. The highest BCUT2D eigenvalue weighted by atomic mass is 19.1. The Morgan fingerprint density at radius 3 is 2.65 bits per heavy atom. The number of ether oxygens (including phenoxy) is 1. The van der Waals surface area contributed by atoms with Gasteiger partial charge in [0.05, 0.1) is 28.4 Å². The first-order valence-electron chi connectivity index (χ1n) is 9.95. The van der Waals surface area contributed by atoms with E-state index in [-0.39, 0.29) is 17.7 Å². The normalized spacial score (nSPS) is 17.0. The van der Waals surface area contributed by atoms with E-state index in [1.54, 1.807) is 12.1 Å². The standard InChI is InChI=1S/C23H24F2N4O2/c1-13-8-20(31-12-16-17(24)6-5-7-18(16)25)22-26-14(2)21(29(22)11-13)19-9-15(28-30)10-23(3,4)27-19/h5-9,11,27,30H,10,12H2,1-4H3/b28-15+. The first-order chi connectivity index (χ1) is 14.7. The zero-order chi connectivity index (χ0) is 22.3. The van der Waals surface area contributed by atoms with Crippen LogP contribution in [0.15, 0.2) is 41.7 Å². The second kappa shape index (κ2) is 7.68. The number of halogens is 2. The molecule has 0 atom stereocenters. The molecule has 3 aromatic rings. The Labute approximate surface area is 178 Å². The van der Waals surface area contributed by atoms with E-state index >= 15 is 0 Å². The molecule has 2 N–H and O–H groups in total. The number of aromatic nitrogens is 2. The fourth-order valence-corrected chi connectivity index (χ4v) is 3.92. The second-order valence-corrected chi connectivity index (χ2v) is 8.45. The van der Waals surface area contributed by atoms with Crippen LogP contribution < -0.4 is 10.1 Å². The van der Waals surface area contributed by atoms with Crippen LogP contribution in [0.2, 0.25) is 0 Å². The average molecular weight is 426 g/mol. The number of fused-ring (bicyclic) bond motifs is 1. The van der Waals surface area contributed by atoms with Crippen LogP contribution in [-0.2, 0) is 6.61 Å². The van der Waals surface area contributed by atoms with Gasteiger partial charge in [0, 0.05) is 18.2 Å². The second-order valence-electron chi connectivity index (χ2n) is 8.45. The molecular formula is C23H24F2N4O2. The number of benzene rings is 1. The summed E-state index contributed by atoms with van der Waals surface area (Å²) in [5.41, 5.74) is 3.85. The summed E-state index contributed by atoms with van der Waals surface area (Å²) in [5.74, 6) is -0.888. The van der Waals surface area contributed by atoms with E-state index < -0.39 is 11.6 Å². The summed E-state index contributed by atoms with van der Waals surface area (Å²) in [6, 6.07) is 5.51. The highest BCUT2D eigenvalue weighted by Gasteiger charge is 2.29. The summed E-state index contributed by atoms with van der Waals surface area (Å²) in [5, 5.41) is 16.2. The third-order valence-electron chi connectivity index (χ3n) is 5.22. The maximum Gasteiger partial charge on any atom is 0.180 e. The van der Waals surface area contributed by atoms with Crippen molar-refractivity contribution in [2.24, 2.45) is 5.16 Å². The largest absolute Gasteiger partial charge is 0.485 e. The Bertz CT molecular complexity index is 1210. The lowest BCUT2D eigenvalue weighted by Crippen LogP contribution is -2.43. The Balaban J connectivity index is 1.78. The highest BCUT2D eigenvalue weighted by molar-refractivity contribution is 6.02.